The molecule has 0 aliphatic heterocycles. The van der Waals surface area contributed by atoms with Gasteiger partial charge in [-0.1, -0.05) is 140 Å². The van der Waals surface area contributed by atoms with Crippen molar-refractivity contribution in [2.75, 3.05) is 0 Å². The SMILES string of the molecule is c1ccc(-c2cccc3c2sc2c(-c4ccc(-n5c6ccc7ccccc7c6c6c7ccccc7ccc65)cc4)cccc23)cc1. The summed E-state index contributed by atoms with van der Waals surface area (Å²) in [5, 5.41) is 10.4. The maximum Gasteiger partial charge on any atom is 0.0547 e. The minimum absolute atomic E-state index is 1.17. The van der Waals surface area contributed by atoms with E-state index in [2.05, 4.69) is 168 Å². The van der Waals surface area contributed by atoms with E-state index in [9.17, 15) is 0 Å². The van der Waals surface area contributed by atoms with Gasteiger partial charge in [-0.15, -0.1) is 11.3 Å². The molecule has 0 atom stereocenters. The first kappa shape index (κ1) is 25.6. The van der Waals surface area contributed by atoms with Crippen molar-refractivity contribution in [3.63, 3.8) is 0 Å². The molecule has 0 unspecified atom stereocenters. The van der Waals surface area contributed by atoms with Crippen molar-refractivity contribution in [3.8, 4) is 27.9 Å². The van der Waals surface area contributed by atoms with E-state index >= 15 is 0 Å². The number of benzene rings is 8. The van der Waals surface area contributed by atoms with Gasteiger partial charge in [-0.3, -0.25) is 0 Å². The van der Waals surface area contributed by atoms with Crippen LogP contribution in [0.3, 0.4) is 0 Å². The average Bonchev–Trinajstić information content (AvgIpc) is 3.69. The van der Waals surface area contributed by atoms with E-state index in [1.165, 1.54) is 91.5 Å². The first-order valence-electron chi connectivity index (χ1n) is 15.8. The Bertz CT molecular complexity index is 2690. The van der Waals surface area contributed by atoms with E-state index in [0.29, 0.717) is 0 Å². The molecular weight excluding hydrogens is 575 g/mol. The molecule has 8 aromatic carbocycles. The van der Waals surface area contributed by atoms with E-state index in [1.54, 1.807) is 0 Å². The van der Waals surface area contributed by atoms with Gasteiger partial charge in [-0.05, 0) is 68.1 Å². The minimum atomic E-state index is 1.17. The summed E-state index contributed by atoms with van der Waals surface area (Å²) in [7, 11) is 0. The second-order valence-electron chi connectivity index (χ2n) is 12.1. The zero-order valence-electron chi connectivity index (χ0n) is 24.9. The Morgan fingerprint density at radius 3 is 1.39 bits per heavy atom. The molecule has 0 aliphatic carbocycles. The van der Waals surface area contributed by atoms with Gasteiger partial charge in [0.25, 0.3) is 0 Å². The fourth-order valence-corrected chi connectivity index (χ4v) is 8.88. The summed E-state index contributed by atoms with van der Waals surface area (Å²) in [5.41, 5.74) is 8.71. The van der Waals surface area contributed by atoms with E-state index in [0.717, 1.165) is 0 Å². The molecular formula is C44H27NS. The first-order chi connectivity index (χ1) is 22.8. The number of aromatic nitrogens is 1. The van der Waals surface area contributed by atoms with E-state index in [-0.39, 0.29) is 0 Å². The molecule has 0 saturated carbocycles. The summed E-state index contributed by atoms with van der Waals surface area (Å²) in [6.45, 7) is 0. The fraction of sp³-hybridized carbons (Fsp3) is 0. The normalized spacial score (nSPS) is 11.9. The lowest BCUT2D eigenvalue weighted by Gasteiger charge is -2.10. The molecule has 2 heterocycles. The Kier molecular flexibility index (Phi) is 5.51. The monoisotopic (exact) mass is 601 g/mol. The molecule has 0 radical (unpaired) electrons. The van der Waals surface area contributed by atoms with E-state index in [4.69, 9.17) is 0 Å². The third kappa shape index (κ3) is 3.68. The lowest BCUT2D eigenvalue weighted by atomic mass is 10.00. The molecule has 0 saturated heterocycles. The summed E-state index contributed by atoms with van der Waals surface area (Å²) in [6.07, 6.45) is 0. The molecule has 0 spiro atoms. The Balaban J connectivity index is 1.18. The lowest BCUT2D eigenvalue weighted by molar-refractivity contribution is 1.18. The van der Waals surface area contributed by atoms with Crippen molar-refractivity contribution in [3.05, 3.63) is 164 Å². The third-order valence-corrected chi connectivity index (χ3v) is 10.9. The number of thiophene rings is 1. The van der Waals surface area contributed by atoms with Crippen LogP contribution in [-0.2, 0) is 0 Å². The van der Waals surface area contributed by atoms with Crippen molar-refractivity contribution >= 4 is 74.9 Å². The Hall–Kier alpha value is -5.70. The van der Waals surface area contributed by atoms with E-state index < -0.39 is 0 Å². The molecule has 2 aromatic heterocycles. The van der Waals surface area contributed by atoms with Crippen LogP contribution in [0.4, 0.5) is 0 Å². The van der Waals surface area contributed by atoms with Gasteiger partial charge >= 0.3 is 0 Å². The molecule has 46 heavy (non-hydrogen) atoms. The van der Waals surface area contributed by atoms with Gasteiger partial charge in [0.2, 0.25) is 0 Å². The minimum Gasteiger partial charge on any atom is -0.309 e. The quantitative estimate of drug-likeness (QED) is 0.190. The zero-order chi connectivity index (χ0) is 30.2. The summed E-state index contributed by atoms with van der Waals surface area (Å²) in [6, 6.07) is 60.0. The van der Waals surface area contributed by atoms with Crippen molar-refractivity contribution in [2.45, 2.75) is 0 Å². The number of fused-ring (bicyclic) bond motifs is 10. The van der Waals surface area contributed by atoms with Gasteiger partial charge < -0.3 is 4.57 Å². The summed E-state index contributed by atoms with van der Waals surface area (Å²) < 4.78 is 5.13. The summed E-state index contributed by atoms with van der Waals surface area (Å²) in [5.74, 6) is 0. The molecule has 0 bridgehead atoms. The smallest absolute Gasteiger partial charge is 0.0547 e. The molecule has 0 amide bonds. The van der Waals surface area contributed by atoms with Gasteiger partial charge in [0.15, 0.2) is 0 Å². The molecule has 10 aromatic rings. The van der Waals surface area contributed by atoms with Gasteiger partial charge in [0, 0.05) is 36.6 Å². The first-order valence-corrected chi connectivity index (χ1v) is 16.6. The average molecular weight is 602 g/mol. The van der Waals surface area contributed by atoms with Crippen molar-refractivity contribution < 1.29 is 0 Å². The van der Waals surface area contributed by atoms with Crippen molar-refractivity contribution in [2.24, 2.45) is 0 Å². The van der Waals surface area contributed by atoms with Crippen LogP contribution in [0, 0.1) is 0 Å². The predicted molar refractivity (Wildman–Crippen MR) is 200 cm³/mol. The highest BCUT2D eigenvalue weighted by Gasteiger charge is 2.18. The molecule has 0 aliphatic rings. The highest BCUT2D eigenvalue weighted by atomic mass is 32.1. The molecule has 214 valence electrons. The van der Waals surface area contributed by atoms with Gasteiger partial charge in [0.1, 0.15) is 0 Å². The van der Waals surface area contributed by atoms with Crippen LogP contribution in [0.5, 0.6) is 0 Å². The van der Waals surface area contributed by atoms with Crippen LogP contribution in [-0.4, -0.2) is 4.57 Å². The zero-order valence-corrected chi connectivity index (χ0v) is 25.8. The number of rotatable bonds is 3. The molecule has 10 rings (SSSR count). The van der Waals surface area contributed by atoms with Crippen LogP contribution >= 0.6 is 11.3 Å². The lowest BCUT2D eigenvalue weighted by Crippen LogP contribution is -1.94. The molecule has 0 fully saturated rings. The molecule has 1 nitrogen and oxygen atoms in total. The largest absolute Gasteiger partial charge is 0.309 e. The van der Waals surface area contributed by atoms with Gasteiger partial charge in [0.05, 0.1) is 11.0 Å². The second kappa shape index (κ2) is 9.90. The third-order valence-electron chi connectivity index (χ3n) is 9.59. The van der Waals surface area contributed by atoms with Gasteiger partial charge in [-0.2, -0.15) is 0 Å². The van der Waals surface area contributed by atoms with Crippen LogP contribution in [0.2, 0.25) is 0 Å². The Labute approximate surface area is 270 Å². The second-order valence-corrected chi connectivity index (χ2v) is 13.1. The Morgan fingerprint density at radius 1 is 0.348 bits per heavy atom. The molecule has 0 N–H and O–H groups in total. The van der Waals surface area contributed by atoms with Crippen LogP contribution < -0.4 is 0 Å². The van der Waals surface area contributed by atoms with Crippen LogP contribution in [0.15, 0.2) is 164 Å². The van der Waals surface area contributed by atoms with Crippen molar-refractivity contribution in [1.29, 1.82) is 0 Å². The van der Waals surface area contributed by atoms with E-state index in [1.807, 2.05) is 11.3 Å². The van der Waals surface area contributed by atoms with Crippen LogP contribution in [0.1, 0.15) is 0 Å². The number of hydrogen-bond donors (Lipinski definition) is 0. The standard InChI is InChI=1S/C44H27NS/c1-2-10-28(11-3-1)35-16-8-18-37-38-19-9-17-36(44(38)46-43(35)37)31-20-24-32(25-21-31)45-39-26-22-29-12-4-6-14-33(29)41(39)42-34-15-7-5-13-30(34)23-27-40(42)45/h1-27H. The highest BCUT2D eigenvalue weighted by molar-refractivity contribution is 7.26. The topological polar surface area (TPSA) is 4.93 Å². The maximum absolute atomic E-state index is 2.44. The van der Waals surface area contributed by atoms with Crippen LogP contribution in [0.25, 0.3) is 91.5 Å². The number of hydrogen-bond acceptors (Lipinski definition) is 1. The fourth-order valence-electron chi connectivity index (χ4n) is 7.51. The van der Waals surface area contributed by atoms with Crippen molar-refractivity contribution in [1.82, 2.24) is 4.57 Å². The predicted octanol–water partition coefficient (Wildman–Crippen LogP) is 12.8. The van der Waals surface area contributed by atoms with Gasteiger partial charge in [-0.25, -0.2) is 0 Å². The summed E-state index contributed by atoms with van der Waals surface area (Å²) in [4.78, 5) is 0. The number of nitrogens with zero attached hydrogens (tertiary/aromatic N) is 1. The Morgan fingerprint density at radius 2 is 0.826 bits per heavy atom. The highest BCUT2D eigenvalue weighted by Crippen LogP contribution is 2.44. The maximum atomic E-state index is 2.44. The molecule has 2 heteroatoms. The summed E-state index contributed by atoms with van der Waals surface area (Å²) >= 11 is 1.91.